The minimum absolute atomic E-state index is 0.0839. The van der Waals surface area contributed by atoms with Gasteiger partial charge in [-0.1, -0.05) is 124 Å². The normalized spacial score (nSPS) is 23.7. The maximum atomic E-state index is 13.4. The summed E-state index contributed by atoms with van der Waals surface area (Å²) >= 11 is 12.4. The largest absolute Gasteiger partial charge is 0.490 e. The van der Waals surface area contributed by atoms with Gasteiger partial charge in [0.15, 0.2) is 0 Å². The van der Waals surface area contributed by atoms with E-state index < -0.39 is 12.1 Å². The fourth-order valence-corrected chi connectivity index (χ4v) is 8.46. The van der Waals surface area contributed by atoms with Crippen molar-refractivity contribution in [3.8, 4) is 11.5 Å². The molecule has 0 saturated heterocycles. The monoisotopic (exact) mass is 908 g/mol. The average Bonchev–Trinajstić information content (AvgIpc) is 3.25. The number of halogens is 2. The first kappa shape index (κ1) is 49.4. The van der Waals surface area contributed by atoms with Crippen molar-refractivity contribution in [1.29, 1.82) is 0 Å². The zero-order valence-corrected chi connectivity index (χ0v) is 39.6. The van der Waals surface area contributed by atoms with Gasteiger partial charge in [0.05, 0.1) is 35.4 Å². The molecule has 2 aliphatic rings. The van der Waals surface area contributed by atoms with Crippen LogP contribution < -0.4 is 20.1 Å². The number of fused-ring (bicyclic) bond motifs is 2. The second kappa shape index (κ2) is 23.4. The molecule has 0 saturated carbocycles. The van der Waals surface area contributed by atoms with Crippen LogP contribution >= 0.6 is 23.2 Å². The summed E-state index contributed by atoms with van der Waals surface area (Å²) in [5, 5.41) is 7.55. The molecule has 6 atom stereocenters. The minimum Gasteiger partial charge on any atom is -0.490 e. The molecule has 0 aliphatic carbocycles. The third kappa shape index (κ3) is 13.2. The van der Waals surface area contributed by atoms with Gasteiger partial charge in [-0.05, 0) is 98.2 Å². The summed E-state index contributed by atoms with van der Waals surface area (Å²) in [7, 11) is 3.35. The minimum atomic E-state index is -0.637. The number of ether oxygens (including phenoxy) is 2. The van der Waals surface area contributed by atoms with Crippen molar-refractivity contribution in [2.45, 2.75) is 104 Å². The summed E-state index contributed by atoms with van der Waals surface area (Å²) in [5.41, 5.74) is 2.75. The molecular formula is C52H62Cl2N4O6. The van der Waals surface area contributed by atoms with Crippen molar-refractivity contribution < 1.29 is 28.7 Å². The van der Waals surface area contributed by atoms with E-state index in [4.69, 9.17) is 32.7 Å². The van der Waals surface area contributed by atoms with Crippen LogP contribution in [-0.4, -0.2) is 71.8 Å². The van der Waals surface area contributed by atoms with Gasteiger partial charge in [0.1, 0.15) is 23.6 Å². The van der Waals surface area contributed by atoms with Crippen LogP contribution in [0.2, 0.25) is 10.0 Å². The van der Waals surface area contributed by atoms with E-state index in [-0.39, 0.29) is 59.8 Å². The van der Waals surface area contributed by atoms with Crippen LogP contribution in [0.15, 0.2) is 121 Å². The van der Waals surface area contributed by atoms with Crippen LogP contribution in [0.4, 0.5) is 0 Å². The summed E-state index contributed by atoms with van der Waals surface area (Å²) in [6, 6.07) is 27.6. The number of carbonyl (C=O) groups is 4. The van der Waals surface area contributed by atoms with Crippen molar-refractivity contribution in [1.82, 2.24) is 20.4 Å². The summed E-state index contributed by atoms with van der Waals surface area (Å²) < 4.78 is 12.2. The molecule has 0 radical (unpaired) electrons. The average molecular weight is 910 g/mol. The lowest BCUT2D eigenvalue weighted by Crippen LogP contribution is -2.51. The first-order chi connectivity index (χ1) is 30.5. The number of likely N-dealkylation sites (N-methyl/N-ethyl adjacent to an activating group) is 2. The van der Waals surface area contributed by atoms with E-state index in [2.05, 4.69) is 34.9 Å². The summed E-state index contributed by atoms with van der Waals surface area (Å²) in [5.74, 6) is 0.0149. The molecule has 0 unspecified atom stereocenters. The van der Waals surface area contributed by atoms with Crippen molar-refractivity contribution in [3.05, 3.63) is 154 Å². The third-order valence-corrected chi connectivity index (χ3v) is 11.8. The molecule has 0 aromatic heterocycles. The maximum Gasteiger partial charge on any atom is 0.258 e. The number of amides is 4. The number of hydrogen-bond donors (Lipinski definition) is 2. The Labute approximate surface area is 389 Å². The number of nitrogens with one attached hydrogen (secondary N) is 2. The molecule has 2 N–H and O–H groups in total. The number of nitrogens with zero attached hydrogens (tertiary/aromatic N) is 2. The Morgan fingerprint density at radius 3 is 1.25 bits per heavy atom. The molecule has 340 valence electrons. The number of para-hydroxylation sites is 2. The predicted octanol–water partition coefficient (Wildman–Crippen LogP) is 10.8. The zero-order valence-electron chi connectivity index (χ0n) is 38.1. The molecule has 0 fully saturated rings. The van der Waals surface area contributed by atoms with Crippen LogP contribution in [-0.2, 0) is 9.59 Å². The maximum absolute atomic E-state index is 13.4. The fraction of sp³-hybridized carbons (Fsp3) is 0.385. The fourth-order valence-electron chi connectivity index (χ4n) is 8.06. The Hall–Kier alpha value is -5.58. The van der Waals surface area contributed by atoms with Gasteiger partial charge >= 0.3 is 0 Å². The Kier molecular flexibility index (Phi) is 18.1. The molecule has 4 aromatic carbocycles. The molecule has 0 bridgehead atoms. The first-order valence-electron chi connectivity index (χ1n) is 22.0. The van der Waals surface area contributed by atoms with E-state index in [9.17, 15) is 19.2 Å². The van der Waals surface area contributed by atoms with E-state index in [1.807, 2.05) is 102 Å². The molecule has 6 rings (SSSR count). The molecule has 2 aliphatic heterocycles. The SMILES string of the molecule is CC(C)[C@H]1C(=O)N[C@H](c2cccc(Cl)c2)C/C=C/C[C@@H](C)Oc2ccccc2C(=O)N1C.CC(C)[C@H]1C(=O)N[C@H](c2cccc(Cl)c2)C/C=C\C[C@@H](C)Oc2ccccc2C(=O)N1C. The topological polar surface area (TPSA) is 117 Å². The lowest BCUT2D eigenvalue weighted by molar-refractivity contribution is -0.128. The third-order valence-electron chi connectivity index (χ3n) is 11.3. The highest BCUT2D eigenvalue weighted by Crippen LogP contribution is 2.29. The smallest absolute Gasteiger partial charge is 0.258 e. The molecule has 0 spiro atoms. The van der Waals surface area contributed by atoms with E-state index >= 15 is 0 Å². The molecule has 2 heterocycles. The van der Waals surface area contributed by atoms with Crippen molar-refractivity contribution >= 4 is 46.8 Å². The summed E-state index contributed by atoms with van der Waals surface area (Å²) in [4.78, 5) is 56.7. The van der Waals surface area contributed by atoms with Gasteiger partial charge in [-0.2, -0.15) is 0 Å². The molecule has 4 amide bonds. The van der Waals surface area contributed by atoms with Crippen LogP contribution in [0.5, 0.6) is 11.5 Å². The van der Waals surface area contributed by atoms with E-state index in [0.29, 0.717) is 58.4 Å². The second-order valence-corrected chi connectivity index (χ2v) is 18.0. The van der Waals surface area contributed by atoms with Crippen molar-refractivity contribution in [3.63, 3.8) is 0 Å². The van der Waals surface area contributed by atoms with Crippen LogP contribution in [0.3, 0.4) is 0 Å². The van der Waals surface area contributed by atoms with Gasteiger partial charge in [0, 0.05) is 37.0 Å². The van der Waals surface area contributed by atoms with Crippen LogP contribution in [0, 0.1) is 11.8 Å². The van der Waals surface area contributed by atoms with Gasteiger partial charge in [0.25, 0.3) is 11.8 Å². The van der Waals surface area contributed by atoms with E-state index in [0.717, 1.165) is 11.1 Å². The highest BCUT2D eigenvalue weighted by atomic mass is 35.5. The zero-order chi connectivity index (χ0) is 46.5. The van der Waals surface area contributed by atoms with Gasteiger partial charge < -0.3 is 29.9 Å². The van der Waals surface area contributed by atoms with Gasteiger partial charge in [-0.15, -0.1) is 0 Å². The first-order valence-corrected chi connectivity index (χ1v) is 22.8. The summed E-state index contributed by atoms with van der Waals surface area (Å²) in [6.07, 6.45) is 10.6. The number of hydrogen-bond acceptors (Lipinski definition) is 6. The highest BCUT2D eigenvalue weighted by Gasteiger charge is 2.35. The molecule has 4 aromatic rings. The lowest BCUT2D eigenvalue weighted by Gasteiger charge is -2.32. The van der Waals surface area contributed by atoms with Gasteiger partial charge in [-0.3, -0.25) is 19.2 Å². The Morgan fingerprint density at radius 1 is 0.531 bits per heavy atom. The number of benzene rings is 4. The predicted molar refractivity (Wildman–Crippen MR) is 256 cm³/mol. The van der Waals surface area contributed by atoms with Gasteiger partial charge in [0.2, 0.25) is 11.8 Å². The van der Waals surface area contributed by atoms with Gasteiger partial charge in [-0.25, -0.2) is 0 Å². The van der Waals surface area contributed by atoms with Crippen molar-refractivity contribution in [2.24, 2.45) is 11.8 Å². The van der Waals surface area contributed by atoms with E-state index in [1.54, 1.807) is 50.5 Å². The highest BCUT2D eigenvalue weighted by molar-refractivity contribution is 6.30. The van der Waals surface area contributed by atoms with Crippen LogP contribution in [0.1, 0.15) is 111 Å². The molecule has 64 heavy (non-hydrogen) atoms. The molecular weight excluding hydrogens is 847 g/mol. The van der Waals surface area contributed by atoms with Crippen molar-refractivity contribution in [2.75, 3.05) is 14.1 Å². The Balaban J connectivity index is 0.000000241. The quantitative estimate of drug-likeness (QED) is 0.197. The van der Waals surface area contributed by atoms with E-state index in [1.165, 1.54) is 9.80 Å². The lowest BCUT2D eigenvalue weighted by atomic mass is 9.98. The molecule has 12 heteroatoms. The Bertz CT molecular complexity index is 2140. The number of carbonyl (C=O) groups excluding carboxylic acids is 4. The number of rotatable bonds is 4. The second-order valence-electron chi connectivity index (χ2n) is 17.2. The Morgan fingerprint density at radius 2 is 0.891 bits per heavy atom. The molecule has 10 nitrogen and oxygen atoms in total. The van der Waals surface area contributed by atoms with Crippen LogP contribution in [0.25, 0.3) is 0 Å². The standard InChI is InChI=1S/2C26H31ClN2O3/c2*1-17(2)24-25(30)28-22(19-11-9-12-20(27)16-19)14-7-5-10-18(3)32-23-15-8-6-13-21(23)26(31)29(24)4/h2*5-9,11-13,15-18,22,24H,10,14H2,1-4H3,(H,28,30)/b7-5+;7-5-/t2*18-,22+,24+/m11/s1. The summed E-state index contributed by atoms with van der Waals surface area (Å²) in [6.45, 7) is 11.7.